The fraction of sp³-hybridized carbons (Fsp3) is 0.125. The maximum absolute atomic E-state index is 13.7. The second kappa shape index (κ2) is 5.85. The fourth-order valence-electron chi connectivity index (χ4n) is 2.25. The Morgan fingerprint density at radius 1 is 1.10 bits per heavy atom. The van der Waals surface area contributed by atoms with Crippen molar-refractivity contribution in [3.8, 4) is 11.4 Å². The number of aliphatic hydroxyl groups is 1. The molecule has 5 heteroatoms. The molecule has 21 heavy (non-hydrogen) atoms. The Bertz CT molecular complexity index is 727. The largest absolute Gasteiger partial charge is 0.386 e. The van der Waals surface area contributed by atoms with Crippen molar-refractivity contribution in [1.82, 2.24) is 14.5 Å². The lowest BCUT2D eigenvalue weighted by atomic mass is 10.1. The van der Waals surface area contributed by atoms with Crippen LogP contribution in [0.3, 0.4) is 0 Å². The molecule has 2 aromatic heterocycles. The number of aliphatic hydroxyl groups excluding tert-OH is 1. The molecule has 0 aliphatic rings. The zero-order chi connectivity index (χ0) is 14.7. The van der Waals surface area contributed by atoms with Crippen molar-refractivity contribution in [1.29, 1.82) is 0 Å². The van der Waals surface area contributed by atoms with Gasteiger partial charge in [-0.25, -0.2) is 9.37 Å². The molecule has 0 spiro atoms. The van der Waals surface area contributed by atoms with Crippen molar-refractivity contribution < 1.29 is 9.50 Å². The molecule has 0 amide bonds. The van der Waals surface area contributed by atoms with Crippen LogP contribution in [-0.4, -0.2) is 19.6 Å². The summed E-state index contributed by atoms with van der Waals surface area (Å²) in [7, 11) is 0. The van der Waals surface area contributed by atoms with Gasteiger partial charge >= 0.3 is 0 Å². The Kier molecular flexibility index (Phi) is 3.75. The van der Waals surface area contributed by atoms with Crippen LogP contribution in [0.5, 0.6) is 0 Å². The van der Waals surface area contributed by atoms with E-state index >= 15 is 0 Å². The van der Waals surface area contributed by atoms with Crippen LogP contribution in [0.2, 0.25) is 0 Å². The minimum Gasteiger partial charge on any atom is -0.386 e. The van der Waals surface area contributed by atoms with Gasteiger partial charge in [0.2, 0.25) is 0 Å². The van der Waals surface area contributed by atoms with Crippen LogP contribution >= 0.6 is 0 Å². The van der Waals surface area contributed by atoms with Gasteiger partial charge in [0.15, 0.2) is 0 Å². The molecule has 0 bridgehead atoms. The molecule has 0 fully saturated rings. The number of aromatic nitrogens is 3. The third-order valence-corrected chi connectivity index (χ3v) is 3.29. The topological polar surface area (TPSA) is 50.9 Å². The lowest BCUT2D eigenvalue weighted by molar-refractivity contribution is 0.152. The Morgan fingerprint density at radius 2 is 1.86 bits per heavy atom. The number of hydrogen-bond acceptors (Lipinski definition) is 3. The quantitative estimate of drug-likeness (QED) is 0.801. The first-order valence-corrected chi connectivity index (χ1v) is 6.60. The summed E-state index contributed by atoms with van der Waals surface area (Å²) in [6.07, 6.45) is 5.86. The average molecular weight is 283 g/mol. The van der Waals surface area contributed by atoms with E-state index < -0.39 is 11.9 Å². The van der Waals surface area contributed by atoms with Gasteiger partial charge in [-0.3, -0.25) is 4.98 Å². The summed E-state index contributed by atoms with van der Waals surface area (Å²) in [6.45, 7) is 0.235. The van der Waals surface area contributed by atoms with E-state index in [2.05, 4.69) is 9.97 Å². The molecule has 0 saturated carbocycles. The Hall–Kier alpha value is -2.53. The van der Waals surface area contributed by atoms with Gasteiger partial charge < -0.3 is 9.67 Å². The second-order valence-electron chi connectivity index (χ2n) is 4.68. The maximum Gasteiger partial charge on any atom is 0.140 e. The monoisotopic (exact) mass is 283 g/mol. The lowest BCUT2D eigenvalue weighted by Gasteiger charge is -2.14. The van der Waals surface area contributed by atoms with Crippen LogP contribution in [0.1, 0.15) is 11.7 Å². The number of nitrogens with zero attached hydrogens (tertiary/aromatic N) is 3. The van der Waals surface area contributed by atoms with Gasteiger partial charge in [-0.05, 0) is 18.2 Å². The number of halogens is 1. The normalized spacial score (nSPS) is 12.3. The first-order chi connectivity index (χ1) is 10.3. The molecular weight excluding hydrogens is 269 g/mol. The van der Waals surface area contributed by atoms with Gasteiger partial charge in [0.1, 0.15) is 11.6 Å². The van der Waals surface area contributed by atoms with Crippen LogP contribution in [0.25, 0.3) is 11.4 Å². The van der Waals surface area contributed by atoms with Gasteiger partial charge in [-0.2, -0.15) is 0 Å². The molecular formula is C16H14FN3O. The number of imidazole rings is 1. The van der Waals surface area contributed by atoms with E-state index in [9.17, 15) is 9.50 Å². The number of hydrogen-bond donors (Lipinski definition) is 1. The number of rotatable bonds is 4. The van der Waals surface area contributed by atoms with Crippen LogP contribution in [0.15, 0.2) is 61.2 Å². The van der Waals surface area contributed by atoms with Gasteiger partial charge in [0.05, 0.1) is 12.6 Å². The summed E-state index contributed by atoms with van der Waals surface area (Å²) in [6, 6.07) is 9.92. The van der Waals surface area contributed by atoms with Crippen molar-refractivity contribution in [2.45, 2.75) is 12.6 Å². The lowest BCUT2D eigenvalue weighted by Crippen LogP contribution is -2.10. The Balaban J connectivity index is 1.87. The third kappa shape index (κ3) is 2.83. The van der Waals surface area contributed by atoms with E-state index in [0.717, 1.165) is 5.56 Å². The summed E-state index contributed by atoms with van der Waals surface area (Å²) in [5, 5.41) is 10.2. The molecule has 106 valence electrons. The van der Waals surface area contributed by atoms with Crippen LogP contribution in [-0.2, 0) is 6.54 Å². The number of pyridine rings is 1. The molecule has 1 unspecified atom stereocenters. The van der Waals surface area contributed by atoms with Crippen molar-refractivity contribution in [2.75, 3.05) is 0 Å². The van der Waals surface area contributed by atoms with Crippen molar-refractivity contribution in [2.24, 2.45) is 0 Å². The Labute approximate surface area is 121 Å². The van der Waals surface area contributed by atoms with Gasteiger partial charge in [0.25, 0.3) is 0 Å². The van der Waals surface area contributed by atoms with E-state index in [-0.39, 0.29) is 12.1 Å². The highest BCUT2D eigenvalue weighted by molar-refractivity contribution is 5.54. The maximum atomic E-state index is 13.7. The summed E-state index contributed by atoms with van der Waals surface area (Å²) < 4.78 is 15.5. The number of benzene rings is 1. The molecule has 1 atom stereocenters. The standard InChI is InChI=1S/C16H14FN3O/c17-14-4-2-1-3-13(14)15(21)11-20-10-9-19-16(20)12-5-7-18-8-6-12/h1-10,15,21H,11H2. The van der Waals surface area contributed by atoms with Crippen molar-refractivity contribution in [3.05, 3.63) is 72.6 Å². The molecule has 0 radical (unpaired) electrons. The average Bonchev–Trinajstić information content (AvgIpc) is 2.96. The highest BCUT2D eigenvalue weighted by Gasteiger charge is 2.15. The second-order valence-corrected chi connectivity index (χ2v) is 4.68. The third-order valence-electron chi connectivity index (χ3n) is 3.29. The van der Waals surface area contributed by atoms with Crippen LogP contribution in [0.4, 0.5) is 4.39 Å². The molecule has 0 saturated heterocycles. The summed E-state index contributed by atoms with van der Waals surface area (Å²) in [5.41, 5.74) is 1.18. The van der Waals surface area contributed by atoms with Crippen molar-refractivity contribution in [3.63, 3.8) is 0 Å². The van der Waals surface area contributed by atoms with Gasteiger partial charge in [-0.15, -0.1) is 0 Å². The summed E-state index contributed by atoms with van der Waals surface area (Å²) in [4.78, 5) is 8.25. The van der Waals surface area contributed by atoms with E-state index in [1.54, 1.807) is 47.6 Å². The van der Waals surface area contributed by atoms with E-state index in [1.165, 1.54) is 6.07 Å². The zero-order valence-corrected chi connectivity index (χ0v) is 11.2. The minimum atomic E-state index is -0.930. The fourth-order valence-corrected chi connectivity index (χ4v) is 2.25. The van der Waals surface area contributed by atoms with Crippen LogP contribution < -0.4 is 0 Å². The molecule has 3 rings (SSSR count). The highest BCUT2D eigenvalue weighted by Crippen LogP contribution is 2.22. The SMILES string of the molecule is OC(Cn1ccnc1-c1ccncc1)c1ccccc1F. The summed E-state index contributed by atoms with van der Waals surface area (Å²) in [5.74, 6) is 0.309. The summed E-state index contributed by atoms with van der Waals surface area (Å²) >= 11 is 0. The van der Waals surface area contributed by atoms with E-state index in [0.29, 0.717) is 5.82 Å². The molecule has 1 aromatic carbocycles. The molecule has 0 aliphatic heterocycles. The van der Waals surface area contributed by atoms with Gasteiger partial charge in [-0.1, -0.05) is 18.2 Å². The molecule has 1 N–H and O–H groups in total. The predicted molar refractivity (Wildman–Crippen MR) is 76.8 cm³/mol. The zero-order valence-electron chi connectivity index (χ0n) is 11.2. The van der Waals surface area contributed by atoms with Gasteiger partial charge in [0, 0.05) is 35.9 Å². The minimum absolute atomic E-state index is 0.235. The first-order valence-electron chi connectivity index (χ1n) is 6.60. The molecule has 4 nitrogen and oxygen atoms in total. The Morgan fingerprint density at radius 3 is 2.62 bits per heavy atom. The first kappa shape index (κ1) is 13.5. The predicted octanol–water partition coefficient (Wildman–Crippen LogP) is 2.82. The van der Waals surface area contributed by atoms with Crippen molar-refractivity contribution >= 4 is 0 Å². The molecule has 0 aliphatic carbocycles. The smallest absolute Gasteiger partial charge is 0.140 e. The highest BCUT2D eigenvalue weighted by atomic mass is 19.1. The molecule has 3 aromatic rings. The van der Waals surface area contributed by atoms with E-state index in [1.807, 2.05) is 12.1 Å². The molecule has 2 heterocycles. The van der Waals surface area contributed by atoms with Crippen LogP contribution in [0, 0.1) is 5.82 Å². The van der Waals surface area contributed by atoms with E-state index in [4.69, 9.17) is 0 Å².